The molecule has 0 aromatic heterocycles. The smallest absolute Gasteiger partial charge is 0.382 e. The maximum atomic E-state index is 12.0. The Balaban J connectivity index is 3.49. The summed E-state index contributed by atoms with van der Waals surface area (Å²) >= 11 is 0. The molecule has 0 heterocycles. The molecule has 0 fully saturated rings. The molecule has 2 nitrogen and oxygen atoms in total. The quantitative estimate of drug-likeness (QED) is 0.620. The van der Waals surface area contributed by atoms with E-state index in [2.05, 4.69) is 12.2 Å². The van der Waals surface area contributed by atoms with E-state index in [1.165, 1.54) is 19.3 Å². The summed E-state index contributed by atoms with van der Waals surface area (Å²) in [6.45, 7) is 3.57. The van der Waals surface area contributed by atoms with Gasteiger partial charge >= 0.3 is 6.18 Å². The molecule has 104 valence electrons. The first-order valence-corrected chi connectivity index (χ1v) is 6.36. The molecule has 0 aliphatic carbocycles. The van der Waals surface area contributed by atoms with Gasteiger partial charge in [0.1, 0.15) is 0 Å². The van der Waals surface area contributed by atoms with Crippen molar-refractivity contribution >= 4 is 0 Å². The van der Waals surface area contributed by atoms with Crippen molar-refractivity contribution in [1.82, 2.24) is 5.32 Å². The number of hydrogen-bond acceptors (Lipinski definition) is 2. The van der Waals surface area contributed by atoms with Crippen LogP contribution in [0.3, 0.4) is 0 Å². The number of hydrogen-bond donors (Lipinski definition) is 2. The van der Waals surface area contributed by atoms with Gasteiger partial charge in [-0.1, -0.05) is 39.0 Å². The molecular formula is C12H24F3NO. The van der Waals surface area contributed by atoms with Gasteiger partial charge in [0.25, 0.3) is 0 Å². The normalized spacial score (nSPS) is 15.9. The second-order valence-electron chi connectivity index (χ2n) is 4.57. The topological polar surface area (TPSA) is 32.3 Å². The summed E-state index contributed by atoms with van der Waals surface area (Å²) in [4.78, 5) is 0. The first kappa shape index (κ1) is 16.7. The lowest BCUT2D eigenvalue weighted by Gasteiger charge is -2.18. The summed E-state index contributed by atoms with van der Waals surface area (Å²) in [5.41, 5.74) is 0. The predicted octanol–water partition coefficient (Wildman–Crippen LogP) is 3.25. The monoisotopic (exact) mass is 255 g/mol. The SMILES string of the molecule is CCCCCCCC(C)NCC(O)C(F)(F)F. The van der Waals surface area contributed by atoms with Gasteiger partial charge in [-0.3, -0.25) is 0 Å². The molecule has 2 atom stereocenters. The van der Waals surface area contributed by atoms with Crippen molar-refractivity contribution in [3.63, 3.8) is 0 Å². The Morgan fingerprint density at radius 1 is 1.12 bits per heavy atom. The largest absolute Gasteiger partial charge is 0.415 e. The lowest BCUT2D eigenvalue weighted by Crippen LogP contribution is -2.41. The number of aliphatic hydroxyl groups excluding tert-OH is 1. The van der Waals surface area contributed by atoms with Gasteiger partial charge in [-0.05, 0) is 13.3 Å². The minimum absolute atomic E-state index is 0.0219. The van der Waals surface area contributed by atoms with Gasteiger partial charge in [0.15, 0.2) is 6.10 Å². The third kappa shape index (κ3) is 9.41. The highest BCUT2D eigenvalue weighted by molar-refractivity contribution is 4.70. The molecular weight excluding hydrogens is 231 g/mol. The fourth-order valence-corrected chi connectivity index (χ4v) is 1.58. The van der Waals surface area contributed by atoms with E-state index in [-0.39, 0.29) is 6.04 Å². The third-order valence-corrected chi connectivity index (χ3v) is 2.78. The van der Waals surface area contributed by atoms with Crippen LogP contribution in [0.15, 0.2) is 0 Å². The van der Waals surface area contributed by atoms with Crippen molar-refractivity contribution in [2.75, 3.05) is 6.54 Å². The van der Waals surface area contributed by atoms with E-state index >= 15 is 0 Å². The second-order valence-corrected chi connectivity index (χ2v) is 4.57. The Bertz CT molecular complexity index is 185. The summed E-state index contributed by atoms with van der Waals surface area (Å²) in [7, 11) is 0. The molecule has 0 saturated carbocycles. The summed E-state index contributed by atoms with van der Waals surface area (Å²) < 4.78 is 36.0. The van der Waals surface area contributed by atoms with Gasteiger partial charge in [-0.2, -0.15) is 13.2 Å². The minimum atomic E-state index is -4.52. The van der Waals surface area contributed by atoms with Crippen molar-refractivity contribution < 1.29 is 18.3 Å². The molecule has 5 heteroatoms. The van der Waals surface area contributed by atoms with Crippen molar-refractivity contribution in [2.45, 2.75) is 70.7 Å². The van der Waals surface area contributed by atoms with Crippen LogP contribution in [0.25, 0.3) is 0 Å². The molecule has 2 unspecified atom stereocenters. The Labute approximate surface area is 102 Å². The first-order chi connectivity index (χ1) is 7.88. The number of rotatable bonds is 9. The van der Waals surface area contributed by atoms with Gasteiger partial charge in [-0.25, -0.2) is 0 Å². The van der Waals surface area contributed by atoms with Crippen LogP contribution in [0.1, 0.15) is 52.4 Å². The van der Waals surface area contributed by atoms with Gasteiger partial charge in [0.2, 0.25) is 0 Å². The minimum Gasteiger partial charge on any atom is -0.382 e. The van der Waals surface area contributed by atoms with E-state index in [0.717, 1.165) is 19.3 Å². The molecule has 0 amide bonds. The molecule has 0 radical (unpaired) electrons. The average Bonchev–Trinajstić information content (AvgIpc) is 2.24. The van der Waals surface area contributed by atoms with Gasteiger partial charge in [0, 0.05) is 12.6 Å². The van der Waals surface area contributed by atoms with Crippen molar-refractivity contribution in [2.24, 2.45) is 0 Å². The van der Waals surface area contributed by atoms with E-state index in [0.29, 0.717) is 0 Å². The maximum Gasteiger partial charge on any atom is 0.415 e. The second kappa shape index (κ2) is 8.75. The summed E-state index contributed by atoms with van der Waals surface area (Å²) in [6, 6.07) is 0.0219. The molecule has 0 aromatic rings. The van der Waals surface area contributed by atoms with E-state index in [4.69, 9.17) is 5.11 Å². The van der Waals surface area contributed by atoms with Crippen LogP contribution in [0.2, 0.25) is 0 Å². The first-order valence-electron chi connectivity index (χ1n) is 6.36. The third-order valence-electron chi connectivity index (χ3n) is 2.78. The molecule has 0 saturated heterocycles. The zero-order valence-electron chi connectivity index (χ0n) is 10.7. The van der Waals surface area contributed by atoms with Crippen molar-refractivity contribution in [1.29, 1.82) is 0 Å². The molecule has 0 bridgehead atoms. The van der Waals surface area contributed by atoms with Crippen LogP contribution in [-0.4, -0.2) is 30.0 Å². The maximum absolute atomic E-state index is 12.0. The molecule has 0 rings (SSSR count). The van der Waals surface area contributed by atoms with Gasteiger partial charge in [0.05, 0.1) is 0 Å². The number of alkyl halides is 3. The average molecular weight is 255 g/mol. The number of halogens is 3. The van der Waals surface area contributed by atoms with Crippen LogP contribution in [0.5, 0.6) is 0 Å². The molecule has 0 aromatic carbocycles. The zero-order chi connectivity index (χ0) is 13.3. The van der Waals surface area contributed by atoms with Crippen molar-refractivity contribution in [3.05, 3.63) is 0 Å². The van der Waals surface area contributed by atoms with Crippen molar-refractivity contribution in [3.8, 4) is 0 Å². The molecule has 17 heavy (non-hydrogen) atoms. The highest BCUT2D eigenvalue weighted by atomic mass is 19.4. The number of unbranched alkanes of at least 4 members (excludes halogenated alkanes) is 4. The van der Waals surface area contributed by atoms with Crippen LogP contribution in [-0.2, 0) is 0 Å². The van der Waals surface area contributed by atoms with E-state index in [1.54, 1.807) is 0 Å². The molecule has 0 aliphatic heterocycles. The standard InChI is InChI=1S/C12H24F3NO/c1-3-4-5-6-7-8-10(2)16-9-11(17)12(13,14)15/h10-11,16-17H,3-9H2,1-2H3. The summed E-state index contributed by atoms with van der Waals surface area (Å²) in [5.74, 6) is 0. The van der Waals surface area contributed by atoms with Gasteiger partial charge in [-0.15, -0.1) is 0 Å². The molecule has 2 N–H and O–H groups in total. The Hall–Kier alpha value is -0.290. The highest BCUT2D eigenvalue weighted by Gasteiger charge is 2.37. The fraction of sp³-hybridized carbons (Fsp3) is 1.00. The fourth-order valence-electron chi connectivity index (χ4n) is 1.58. The zero-order valence-corrected chi connectivity index (χ0v) is 10.7. The summed E-state index contributed by atoms with van der Waals surface area (Å²) in [6.07, 6.45) is -0.181. The van der Waals surface area contributed by atoms with E-state index in [9.17, 15) is 13.2 Å². The Morgan fingerprint density at radius 3 is 2.24 bits per heavy atom. The van der Waals surface area contributed by atoms with Crippen LogP contribution >= 0.6 is 0 Å². The highest BCUT2D eigenvalue weighted by Crippen LogP contribution is 2.19. The van der Waals surface area contributed by atoms with E-state index < -0.39 is 18.8 Å². The Kier molecular flexibility index (Phi) is 8.60. The predicted molar refractivity (Wildman–Crippen MR) is 62.9 cm³/mol. The van der Waals surface area contributed by atoms with Crippen LogP contribution in [0, 0.1) is 0 Å². The number of nitrogens with one attached hydrogen (secondary N) is 1. The van der Waals surface area contributed by atoms with Crippen LogP contribution in [0.4, 0.5) is 13.2 Å². The molecule has 0 aliphatic rings. The van der Waals surface area contributed by atoms with E-state index in [1.807, 2.05) is 6.92 Å². The van der Waals surface area contributed by atoms with Crippen LogP contribution < -0.4 is 5.32 Å². The molecule has 0 spiro atoms. The summed E-state index contributed by atoms with van der Waals surface area (Å²) in [5, 5.41) is 11.5. The number of aliphatic hydroxyl groups is 1. The Morgan fingerprint density at radius 2 is 1.71 bits per heavy atom. The van der Waals surface area contributed by atoms with Gasteiger partial charge < -0.3 is 10.4 Å². The lowest BCUT2D eigenvalue weighted by atomic mass is 10.1. The lowest BCUT2D eigenvalue weighted by molar-refractivity contribution is -0.202.